The van der Waals surface area contributed by atoms with Gasteiger partial charge in [0.15, 0.2) is 0 Å². The third-order valence-corrected chi connectivity index (χ3v) is 8.10. The number of aliphatic hydroxyl groups is 1. The number of carbonyl (C=O) groups excluding carboxylic acids is 2. The molecule has 1 aliphatic carbocycles. The summed E-state index contributed by atoms with van der Waals surface area (Å²) in [5.74, 6) is -1.97. The van der Waals surface area contributed by atoms with E-state index in [1.165, 1.54) is 0 Å². The summed E-state index contributed by atoms with van der Waals surface area (Å²) in [4.78, 5) is 40.7. The lowest BCUT2D eigenvalue weighted by Crippen LogP contribution is -2.65. The molecule has 9 nitrogen and oxygen atoms in total. The summed E-state index contributed by atoms with van der Waals surface area (Å²) >= 11 is 0. The number of carboxylic acid groups (broad SMARTS) is 1. The Morgan fingerprint density at radius 3 is 2.07 bits per heavy atom. The van der Waals surface area contributed by atoms with E-state index in [0.29, 0.717) is 19.6 Å². The summed E-state index contributed by atoms with van der Waals surface area (Å²) in [5.41, 5.74) is 4.18. The molecule has 1 saturated heterocycles. The van der Waals surface area contributed by atoms with Crippen LogP contribution in [-0.4, -0.2) is 71.0 Å². The van der Waals surface area contributed by atoms with E-state index < -0.39 is 36.2 Å². The number of piperidine rings is 1. The van der Waals surface area contributed by atoms with Gasteiger partial charge in [-0.05, 0) is 40.7 Å². The molecule has 4 N–H and O–H groups in total. The van der Waals surface area contributed by atoms with Gasteiger partial charge in [-0.2, -0.15) is 0 Å². The molecule has 1 atom stereocenters. The molecule has 1 unspecified atom stereocenters. The van der Waals surface area contributed by atoms with Crippen molar-refractivity contribution < 1.29 is 29.3 Å². The van der Waals surface area contributed by atoms with Crippen LogP contribution in [-0.2, 0) is 20.9 Å². The van der Waals surface area contributed by atoms with Gasteiger partial charge < -0.3 is 25.6 Å². The summed E-state index contributed by atoms with van der Waals surface area (Å²) < 4.78 is 5.74. The minimum atomic E-state index is -1.35. The second-order valence-corrected chi connectivity index (χ2v) is 10.7. The first-order valence-corrected chi connectivity index (χ1v) is 13.9. The molecule has 41 heavy (non-hydrogen) atoms. The average Bonchev–Trinajstić information content (AvgIpc) is 3.31. The van der Waals surface area contributed by atoms with E-state index in [1.54, 1.807) is 0 Å². The number of carbonyl (C=O) groups is 3. The van der Waals surface area contributed by atoms with E-state index in [-0.39, 0.29) is 31.8 Å². The third-order valence-electron chi connectivity index (χ3n) is 8.10. The van der Waals surface area contributed by atoms with E-state index in [9.17, 15) is 24.6 Å². The van der Waals surface area contributed by atoms with E-state index in [2.05, 4.69) is 27.7 Å². The molecular weight excluding hydrogens is 522 g/mol. The Morgan fingerprint density at radius 2 is 1.49 bits per heavy atom. The molecule has 1 fully saturated rings. The molecule has 3 aromatic carbocycles. The Balaban J connectivity index is 1.29. The SMILES string of the molecule is O=C(NC1(C(=O)NC(CCO)C(=O)O)CCN(Cc2ccccc2)CC1)OCC1c2ccccc2-c2ccccc21. The van der Waals surface area contributed by atoms with Gasteiger partial charge in [-0.1, -0.05) is 78.9 Å². The van der Waals surface area contributed by atoms with Gasteiger partial charge in [0.25, 0.3) is 0 Å². The minimum absolute atomic E-state index is 0.0972. The fourth-order valence-corrected chi connectivity index (χ4v) is 5.86. The smallest absolute Gasteiger partial charge is 0.408 e. The molecule has 1 aliphatic heterocycles. The van der Waals surface area contributed by atoms with Crippen LogP contribution in [0.25, 0.3) is 11.1 Å². The van der Waals surface area contributed by atoms with Crippen molar-refractivity contribution in [2.45, 2.75) is 43.3 Å². The predicted molar refractivity (Wildman–Crippen MR) is 153 cm³/mol. The highest BCUT2D eigenvalue weighted by Gasteiger charge is 2.44. The van der Waals surface area contributed by atoms with Gasteiger partial charge in [-0.3, -0.25) is 9.69 Å². The first-order valence-electron chi connectivity index (χ1n) is 13.9. The number of likely N-dealkylation sites (tertiary alicyclic amines) is 1. The highest BCUT2D eigenvalue weighted by Crippen LogP contribution is 2.44. The molecule has 3 aromatic rings. The van der Waals surface area contributed by atoms with Crippen LogP contribution in [0.5, 0.6) is 0 Å². The molecule has 1 heterocycles. The Bertz CT molecular complexity index is 1340. The lowest BCUT2D eigenvalue weighted by molar-refractivity contribution is -0.143. The fraction of sp³-hybridized carbons (Fsp3) is 0.344. The van der Waals surface area contributed by atoms with Crippen LogP contribution >= 0.6 is 0 Å². The zero-order valence-electron chi connectivity index (χ0n) is 22.8. The van der Waals surface area contributed by atoms with Gasteiger partial charge >= 0.3 is 12.1 Å². The number of hydrogen-bond donors (Lipinski definition) is 4. The van der Waals surface area contributed by atoms with Gasteiger partial charge in [0.2, 0.25) is 5.91 Å². The number of ether oxygens (including phenoxy) is 1. The second kappa shape index (κ2) is 12.5. The van der Waals surface area contributed by atoms with Crippen LogP contribution in [0.15, 0.2) is 78.9 Å². The first-order chi connectivity index (χ1) is 19.9. The number of hydrogen-bond acceptors (Lipinski definition) is 6. The zero-order valence-corrected chi connectivity index (χ0v) is 22.8. The Hall–Kier alpha value is -4.21. The monoisotopic (exact) mass is 557 g/mol. The van der Waals surface area contributed by atoms with Gasteiger partial charge in [-0.25, -0.2) is 9.59 Å². The molecule has 0 radical (unpaired) electrons. The highest BCUT2D eigenvalue weighted by atomic mass is 16.5. The van der Waals surface area contributed by atoms with E-state index in [0.717, 1.165) is 27.8 Å². The molecule has 9 heteroatoms. The zero-order chi connectivity index (χ0) is 28.8. The Labute approximate surface area is 239 Å². The number of aliphatic hydroxyl groups excluding tert-OH is 1. The van der Waals surface area contributed by atoms with Crippen LogP contribution in [0.1, 0.15) is 41.9 Å². The van der Waals surface area contributed by atoms with E-state index in [4.69, 9.17) is 4.74 Å². The number of fused-ring (bicyclic) bond motifs is 3. The molecule has 214 valence electrons. The lowest BCUT2D eigenvalue weighted by atomic mass is 9.86. The summed E-state index contributed by atoms with van der Waals surface area (Å²) in [6.07, 6.45) is -0.308. The maximum absolute atomic E-state index is 13.6. The number of carboxylic acids is 1. The van der Waals surface area contributed by atoms with Crippen molar-refractivity contribution in [3.8, 4) is 11.1 Å². The maximum atomic E-state index is 13.6. The number of nitrogens with one attached hydrogen (secondary N) is 2. The summed E-state index contributed by atoms with van der Waals surface area (Å²) in [6, 6.07) is 24.8. The number of amides is 2. The van der Waals surface area contributed by atoms with Crippen molar-refractivity contribution in [1.82, 2.24) is 15.5 Å². The van der Waals surface area contributed by atoms with Crippen molar-refractivity contribution in [1.29, 1.82) is 0 Å². The third kappa shape index (κ3) is 6.26. The maximum Gasteiger partial charge on any atom is 0.408 e. The van der Waals surface area contributed by atoms with Crippen molar-refractivity contribution in [2.75, 3.05) is 26.3 Å². The van der Waals surface area contributed by atoms with Gasteiger partial charge in [-0.15, -0.1) is 0 Å². The summed E-state index contributed by atoms with van der Waals surface area (Å²) in [7, 11) is 0. The van der Waals surface area contributed by atoms with Crippen molar-refractivity contribution in [3.63, 3.8) is 0 Å². The van der Waals surface area contributed by atoms with Gasteiger partial charge in [0, 0.05) is 38.6 Å². The van der Waals surface area contributed by atoms with Crippen molar-refractivity contribution >= 4 is 18.0 Å². The van der Waals surface area contributed by atoms with Crippen LogP contribution in [0.2, 0.25) is 0 Å². The number of nitrogens with zero attached hydrogens (tertiary/aromatic N) is 1. The molecule has 0 spiro atoms. The molecular formula is C32H35N3O6. The second-order valence-electron chi connectivity index (χ2n) is 10.7. The first kappa shape index (κ1) is 28.3. The number of rotatable bonds is 10. The molecule has 2 amide bonds. The van der Waals surface area contributed by atoms with Crippen molar-refractivity contribution in [2.24, 2.45) is 0 Å². The number of aliphatic carboxylic acids is 1. The van der Waals surface area contributed by atoms with Crippen molar-refractivity contribution in [3.05, 3.63) is 95.6 Å². The molecule has 2 aliphatic rings. The lowest BCUT2D eigenvalue weighted by Gasteiger charge is -2.41. The topological polar surface area (TPSA) is 128 Å². The number of benzene rings is 3. The molecule has 5 rings (SSSR count). The van der Waals surface area contributed by atoms with Gasteiger partial charge in [0.05, 0.1) is 0 Å². The van der Waals surface area contributed by atoms with E-state index in [1.807, 2.05) is 66.7 Å². The van der Waals surface area contributed by atoms with Crippen LogP contribution in [0.4, 0.5) is 4.79 Å². The molecule has 0 bridgehead atoms. The normalized spacial score (nSPS) is 16.7. The largest absolute Gasteiger partial charge is 0.480 e. The standard InChI is InChI=1S/C32H35N3O6/c36-19-14-28(29(37)38)33-30(39)32(15-17-35(18-16-32)20-22-8-2-1-3-9-22)34-31(40)41-21-27-25-12-6-4-10-23(25)24-11-5-7-13-26(24)27/h1-13,27-28,36H,14-21H2,(H,33,39)(H,34,40)(H,37,38). The van der Waals surface area contributed by atoms with Crippen LogP contribution in [0.3, 0.4) is 0 Å². The highest BCUT2D eigenvalue weighted by molar-refractivity contribution is 5.93. The summed E-state index contributed by atoms with van der Waals surface area (Å²) in [5, 5.41) is 24.2. The molecule has 0 aromatic heterocycles. The van der Waals surface area contributed by atoms with Crippen LogP contribution < -0.4 is 10.6 Å². The average molecular weight is 558 g/mol. The quantitative estimate of drug-likeness (QED) is 0.300. The number of alkyl carbamates (subject to hydrolysis) is 1. The predicted octanol–water partition coefficient (Wildman–Crippen LogP) is 3.51. The van der Waals surface area contributed by atoms with Gasteiger partial charge in [0.1, 0.15) is 18.2 Å². The molecule has 0 saturated carbocycles. The summed E-state index contributed by atoms with van der Waals surface area (Å²) in [6.45, 7) is 1.44. The Kier molecular flexibility index (Phi) is 8.66. The fourth-order valence-electron chi connectivity index (χ4n) is 5.86. The Morgan fingerprint density at radius 1 is 0.902 bits per heavy atom. The minimum Gasteiger partial charge on any atom is -0.480 e. The van der Waals surface area contributed by atoms with Crippen LogP contribution in [0, 0.1) is 0 Å². The van der Waals surface area contributed by atoms with E-state index >= 15 is 0 Å².